The number of nitrogens with zero attached hydrogens (tertiary/aromatic N) is 2. The van der Waals surface area contributed by atoms with Crippen LogP contribution in [0, 0.1) is 23.6 Å². The lowest BCUT2D eigenvalue weighted by atomic mass is 9.86. The van der Waals surface area contributed by atoms with Crippen LogP contribution in [-0.2, 0) is 4.79 Å². The number of halogens is 3. The number of fused-ring (bicyclic) bond motifs is 1. The molecule has 4 rings (SSSR count). The van der Waals surface area contributed by atoms with Gasteiger partial charge in [0.2, 0.25) is 11.8 Å². The standard InChI is InChI=1S/C21H27F3N2O/c1-14(27)26-12-17-11-25(10-15-5-7-21(23,24)8-6-15)13-19(17)20(26)16-3-2-4-18(22)9-16/h2-4,9,15,17,19-20H,5-8,10-13H2,1H3/t17-,19-,20-/m1/s1. The normalized spacial score (nSPS) is 31.3. The molecular formula is C21H27F3N2O. The van der Waals surface area contributed by atoms with Gasteiger partial charge in [-0.3, -0.25) is 4.79 Å². The molecule has 2 aliphatic heterocycles. The molecule has 3 aliphatic rings. The van der Waals surface area contributed by atoms with Gasteiger partial charge >= 0.3 is 0 Å². The second-order valence-electron chi connectivity index (χ2n) is 8.61. The van der Waals surface area contributed by atoms with Crippen LogP contribution in [0.1, 0.15) is 44.2 Å². The van der Waals surface area contributed by atoms with Gasteiger partial charge < -0.3 is 9.80 Å². The third kappa shape index (κ3) is 3.86. The Morgan fingerprint density at radius 1 is 1.19 bits per heavy atom. The first kappa shape index (κ1) is 18.8. The molecule has 6 heteroatoms. The maximum absolute atomic E-state index is 13.8. The van der Waals surface area contributed by atoms with Crippen molar-refractivity contribution in [3.8, 4) is 0 Å². The molecule has 27 heavy (non-hydrogen) atoms. The zero-order valence-corrected chi connectivity index (χ0v) is 15.7. The van der Waals surface area contributed by atoms with Crippen molar-refractivity contribution in [2.75, 3.05) is 26.2 Å². The van der Waals surface area contributed by atoms with E-state index >= 15 is 0 Å². The van der Waals surface area contributed by atoms with Crippen LogP contribution in [0.25, 0.3) is 0 Å². The molecule has 3 atom stereocenters. The van der Waals surface area contributed by atoms with Crippen molar-refractivity contribution >= 4 is 5.91 Å². The minimum atomic E-state index is -2.48. The molecule has 2 heterocycles. The van der Waals surface area contributed by atoms with Crippen LogP contribution < -0.4 is 0 Å². The topological polar surface area (TPSA) is 23.6 Å². The van der Waals surface area contributed by atoms with Crippen LogP contribution >= 0.6 is 0 Å². The predicted octanol–water partition coefficient (Wildman–Crippen LogP) is 4.10. The maximum Gasteiger partial charge on any atom is 0.248 e. The zero-order valence-electron chi connectivity index (χ0n) is 15.7. The number of carbonyl (C=O) groups excluding carboxylic acids is 1. The smallest absolute Gasteiger partial charge is 0.248 e. The number of carbonyl (C=O) groups is 1. The molecule has 1 aromatic rings. The minimum Gasteiger partial charge on any atom is -0.335 e. The van der Waals surface area contributed by atoms with E-state index in [4.69, 9.17) is 0 Å². The van der Waals surface area contributed by atoms with Crippen LogP contribution in [0.2, 0.25) is 0 Å². The first-order chi connectivity index (χ1) is 12.8. The summed E-state index contributed by atoms with van der Waals surface area (Å²) in [4.78, 5) is 16.4. The van der Waals surface area contributed by atoms with Crippen molar-refractivity contribution < 1.29 is 18.0 Å². The molecule has 3 nitrogen and oxygen atoms in total. The fourth-order valence-electron chi connectivity index (χ4n) is 5.38. The van der Waals surface area contributed by atoms with Crippen LogP contribution in [-0.4, -0.2) is 47.8 Å². The first-order valence-electron chi connectivity index (χ1n) is 9.95. The summed E-state index contributed by atoms with van der Waals surface area (Å²) in [6.45, 7) is 4.88. The highest BCUT2D eigenvalue weighted by molar-refractivity contribution is 5.74. The lowest BCUT2D eigenvalue weighted by molar-refractivity contribution is -0.130. The van der Waals surface area contributed by atoms with Gasteiger partial charge in [-0.15, -0.1) is 0 Å². The van der Waals surface area contributed by atoms with Gasteiger partial charge in [0.15, 0.2) is 0 Å². The lowest BCUT2D eigenvalue weighted by Crippen LogP contribution is -2.37. The van der Waals surface area contributed by atoms with E-state index in [0.717, 1.165) is 25.2 Å². The Bertz CT molecular complexity index is 700. The van der Waals surface area contributed by atoms with Crippen molar-refractivity contribution in [1.29, 1.82) is 0 Å². The number of likely N-dealkylation sites (tertiary alicyclic amines) is 2. The molecule has 1 aromatic carbocycles. The van der Waals surface area contributed by atoms with E-state index in [2.05, 4.69) is 4.90 Å². The summed E-state index contributed by atoms with van der Waals surface area (Å²) in [5.41, 5.74) is 0.858. The Kier molecular flexibility index (Phi) is 4.95. The van der Waals surface area contributed by atoms with E-state index in [1.54, 1.807) is 13.0 Å². The van der Waals surface area contributed by atoms with E-state index < -0.39 is 5.92 Å². The van der Waals surface area contributed by atoms with E-state index in [-0.39, 0.29) is 36.5 Å². The molecule has 0 aromatic heterocycles. The third-order valence-electron chi connectivity index (χ3n) is 6.69. The number of rotatable bonds is 3. The van der Waals surface area contributed by atoms with Gasteiger partial charge in [-0.25, -0.2) is 13.2 Å². The minimum absolute atomic E-state index is 0.00238. The number of alkyl halides is 2. The molecule has 148 valence electrons. The second kappa shape index (κ2) is 7.12. The summed E-state index contributed by atoms with van der Waals surface area (Å²) >= 11 is 0. The number of hydrogen-bond donors (Lipinski definition) is 0. The predicted molar refractivity (Wildman–Crippen MR) is 96.9 cm³/mol. The van der Waals surface area contributed by atoms with Gasteiger partial charge in [-0.1, -0.05) is 12.1 Å². The van der Waals surface area contributed by atoms with Gasteiger partial charge in [0.1, 0.15) is 5.82 Å². The zero-order chi connectivity index (χ0) is 19.2. The van der Waals surface area contributed by atoms with Gasteiger partial charge in [0.25, 0.3) is 0 Å². The molecule has 0 radical (unpaired) electrons. The first-order valence-corrected chi connectivity index (χ1v) is 9.95. The fourth-order valence-corrected chi connectivity index (χ4v) is 5.38. The second-order valence-corrected chi connectivity index (χ2v) is 8.61. The molecule has 0 unspecified atom stereocenters. The number of hydrogen-bond acceptors (Lipinski definition) is 2. The van der Waals surface area contributed by atoms with Gasteiger partial charge in [0.05, 0.1) is 6.04 Å². The monoisotopic (exact) mass is 380 g/mol. The molecule has 0 bridgehead atoms. The SMILES string of the molecule is CC(=O)N1C[C@H]2CN(CC3CCC(F)(F)CC3)C[C@H]2[C@H]1c1cccc(F)c1. The average Bonchev–Trinajstić information content (AvgIpc) is 3.14. The highest BCUT2D eigenvalue weighted by Crippen LogP contribution is 2.46. The molecule has 3 fully saturated rings. The molecule has 2 saturated heterocycles. The summed E-state index contributed by atoms with van der Waals surface area (Å²) in [5.74, 6) is -1.76. The summed E-state index contributed by atoms with van der Waals surface area (Å²) in [6.07, 6.45) is 1.18. The molecular weight excluding hydrogens is 353 g/mol. The van der Waals surface area contributed by atoms with Crippen LogP contribution in [0.3, 0.4) is 0 Å². The Balaban J connectivity index is 1.45. The summed E-state index contributed by atoms with van der Waals surface area (Å²) < 4.78 is 40.5. The highest BCUT2D eigenvalue weighted by atomic mass is 19.3. The van der Waals surface area contributed by atoms with Crippen molar-refractivity contribution in [1.82, 2.24) is 9.80 Å². The van der Waals surface area contributed by atoms with Gasteiger partial charge in [-0.2, -0.15) is 0 Å². The largest absolute Gasteiger partial charge is 0.335 e. The Hall–Kier alpha value is -1.56. The third-order valence-corrected chi connectivity index (χ3v) is 6.69. The fraction of sp³-hybridized carbons (Fsp3) is 0.667. The van der Waals surface area contributed by atoms with Crippen molar-refractivity contribution in [3.05, 3.63) is 35.6 Å². The summed E-state index contributed by atoms with van der Waals surface area (Å²) in [7, 11) is 0. The molecule has 1 amide bonds. The van der Waals surface area contributed by atoms with Crippen LogP contribution in [0.15, 0.2) is 24.3 Å². The molecule has 1 aliphatic carbocycles. The number of amides is 1. The molecule has 0 spiro atoms. The van der Waals surface area contributed by atoms with E-state index in [0.29, 0.717) is 31.2 Å². The summed E-state index contributed by atoms with van der Waals surface area (Å²) in [6, 6.07) is 6.47. The average molecular weight is 380 g/mol. The number of benzene rings is 1. The van der Waals surface area contributed by atoms with Crippen LogP contribution in [0.5, 0.6) is 0 Å². The highest BCUT2D eigenvalue weighted by Gasteiger charge is 2.48. The lowest BCUT2D eigenvalue weighted by Gasteiger charge is -2.33. The Morgan fingerprint density at radius 2 is 1.93 bits per heavy atom. The Labute approximate surface area is 158 Å². The molecule has 1 saturated carbocycles. The van der Waals surface area contributed by atoms with Gasteiger partial charge in [0, 0.05) is 51.9 Å². The maximum atomic E-state index is 13.8. The Morgan fingerprint density at radius 3 is 2.59 bits per heavy atom. The van der Waals surface area contributed by atoms with Crippen molar-refractivity contribution in [3.63, 3.8) is 0 Å². The van der Waals surface area contributed by atoms with Crippen molar-refractivity contribution in [2.24, 2.45) is 17.8 Å². The van der Waals surface area contributed by atoms with Gasteiger partial charge in [-0.05, 0) is 42.4 Å². The van der Waals surface area contributed by atoms with E-state index in [1.807, 2.05) is 11.0 Å². The van der Waals surface area contributed by atoms with Crippen LogP contribution in [0.4, 0.5) is 13.2 Å². The van der Waals surface area contributed by atoms with Crippen molar-refractivity contribution in [2.45, 2.75) is 44.6 Å². The van der Waals surface area contributed by atoms with E-state index in [9.17, 15) is 18.0 Å². The quantitative estimate of drug-likeness (QED) is 0.788. The summed E-state index contributed by atoms with van der Waals surface area (Å²) in [5, 5.41) is 0. The van der Waals surface area contributed by atoms with E-state index in [1.165, 1.54) is 12.1 Å². The molecule has 0 N–H and O–H groups in total.